The lowest BCUT2D eigenvalue weighted by Gasteiger charge is -2.12. The van der Waals surface area contributed by atoms with Gasteiger partial charge in [-0.05, 0) is 41.3 Å². The van der Waals surface area contributed by atoms with Crippen LogP contribution in [0.4, 0.5) is 10.5 Å². The molecule has 3 N–H and O–H groups in total. The van der Waals surface area contributed by atoms with Gasteiger partial charge in [-0.1, -0.05) is 37.3 Å². The molecule has 3 aromatic carbocycles. The van der Waals surface area contributed by atoms with Gasteiger partial charge in [-0.2, -0.15) is 13.1 Å². The molecule has 0 bridgehead atoms. The Morgan fingerprint density at radius 2 is 1.73 bits per heavy atom. The van der Waals surface area contributed by atoms with E-state index >= 15 is 0 Å². The molecule has 0 spiro atoms. The smallest absolute Gasteiger partial charge is 0.382 e. The Morgan fingerprint density at radius 3 is 2.43 bits per heavy atom. The maximum atomic E-state index is 12.4. The van der Waals surface area contributed by atoms with E-state index in [0.717, 1.165) is 16.7 Å². The molecule has 0 fully saturated rings. The Hall–Kier alpha value is -3.30. The number of rotatable bonds is 8. The summed E-state index contributed by atoms with van der Waals surface area (Å²) in [4.78, 5) is 12.4. The Morgan fingerprint density at radius 1 is 1.00 bits per heavy atom. The van der Waals surface area contributed by atoms with Gasteiger partial charge in [0.1, 0.15) is 11.5 Å². The largest absolute Gasteiger partial charge is 0.497 e. The molecule has 0 saturated carbocycles. The number of ether oxygens (including phenoxy) is 1. The number of urea groups is 1. The number of carbonyl (C=O) groups is 1. The molecule has 30 heavy (non-hydrogen) atoms. The van der Waals surface area contributed by atoms with Crippen molar-refractivity contribution in [3.05, 3.63) is 66.2 Å². The molecule has 3 rings (SSSR count). The van der Waals surface area contributed by atoms with E-state index in [1.54, 1.807) is 44.4 Å². The Labute approximate surface area is 175 Å². The second kappa shape index (κ2) is 9.47. The topological polar surface area (TPSA) is 106 Å². The van der Waals surface area contributed by atoms with Crippen LogP contribution in [-0.4, -0.2) is 28.1 Å². The SMILES string of the molecule is CCNS(=O)(=O)Oc1ccc2cccc(NC(=O)NCc3ccc(OC)cc3)c2c1. The molecule has 9 heteroatoms. The van der Waals surface area contributed by atoms with E-state index in [4.69, 9.17) is 8.92 Å². The Balaban J connectivity index is 1.72. The van der Waals surface area contributed by atoms with Gasteiger partial charge in [0, 0.05) is 18.5 Å². The van der Waals surface area contributed by atoms with Crippen LogP contribution in [0.3, 0.4) is 0 Å². The molecule has 0 heterocycles. The average molecular weight is 429 g/mol. The maximum absolute atomic E-state index is 12.4. The van der Waals surface area contributed by atoms with Gasteiger partial charge in [0.2, 0.25) is 0 Å². The zero-order chi connectivity index (χ0) is 21.6. The predicted octanol–water partition coefficient (Wildman–Crippen LogP) is 3.40. The first-order valence-electron chi connectivity index (χ1n) is 9.30. The van der Waals surface area contributed by atoms with E-state index < -0.39 is 10.3 Å². The highest BCUT2D eigenvalue weighted by molar-refractivity contribution is 7.85. The summed E-state index contributed by atoms with van der Waals surface area (Å²) < 4.78 is 36.1. The van der Waals surface area contributed by atoms with Gasteiger partial charge in [-0.15, -0.1) is 0 Å². The van der Waals surface area contributed by atoms with E-state index in [0.29, 0.717) is 17.6 Å². The summed E-state index contributed by atoms with van der Waals surface area (Å²) in [6.45, 7) is 2.22. The Kier molecular flexibility index (Phi) is 6.76. The molecule has 2 amide bonds. The molecule has 3 aromatic rings. The summed E-state index contributed by atoms with van der Waals surface area (Å²) in [7, 11) is -2.30. The third-order valence-electron chi connectivity index (χ3n) is 4.24. The number of benzene rings is 3. The van der Waals surface area contributed by atoms with Gasteiger partial charge in [-0.25, -0.2) is 4.79 Å². The maximum Gasteiger partial charge on any atom is 0.382 e. The predicted molar refractivity (Wildman–Crippen MR) is 116 cm³/mol. The van der Waals surface area contributed by atoms with Crippen molar-refractivity contribution < 1.29 is 22.1 Å². The van der Waals surface area contributed by atoms with Crippen molar-refractivity contribution in [1.29, 1.82) is 0 Å². The van der Waals surface area contributed by atoms with Gasteiger partial charge in [-0.3, -0.25) is 0 Å². The molecule has 0 aliphatic carbocycles. The lowest BCUT2D eigenvalue weighted by molar-refractivity contribution is 0.252. The van der Waals surface area contributed by atoms with Crippen molar-refractivity contribution in [2.75, 3.05) is 19.0 Å². The molecule has 0 saturated heterocycles. The fraction of sp³-hybridized carbons (Fsp3) is 0.190. The minimum absolute atomic E-state index is 0.149. The summed E-state index contributed by atoms with van der Waals surface area (Å²) >= 11 is 0. The molecular weight excluding hydrogens is 406 g/mol. The lowest BCUT2D eigenvalue weighted by atomic mass is 10.1. The van der Waals surface area contributed by atoms with Crippen molar-refractivity contribution >= 4 is 32.8 Å². The van der Waals surface area contributed by atoms with Crippen LogP contribution >= 0.6 is 0 Å². The third-order valence-corrected chi connectivity index (χ3v) is 5.30. The van der Waals surface area contributed by atoms with E-state index in [2.05, 4.69) is 15.4 Å². The van der Waals surface area contributed by atoms with Crippen LogP contribution in [-0.2, 0) is 16.8 Å². The summed E-state index contributed by atoms with van der Waals surface area (Å²) in [6, 6.07) is 17.3. The number of carbonyl (C=O) groups excluding carboxylic acids is 1. The lowest BCUT2D eigenvalue weighted by Crippen LogP contribution is -2.28. The van der Waals surface area contributed by atoms with Gasteiger partial charge in [0.25, 0.3) is 0 Å². The molecule has 0 aliphatic rings. The van der Waals surface area contributed by atoms with Crippen LogP contribution in [0.5, 0.6) is 11.5 Å². The molecule has 0 aliphatic heterocycles. The molecular formula is C21H23N3O5S. The number of fused-ring (bicyclic) bond motifs is 1. The van der Waals surface area contributed by atoms with Crippen molar-refractivity contribution in [3.8, 4) is 11.5 Å². The zero-order valence-corrected chi connectivity index (χ0v) is 17.5. The highest BCUT2D eigenvalue weighted by atomic mass is 32.2. The molecule has 0 atom stereocenters. The summed E-state index contributed by atoms with van der Waals surface area (Å²) in [5.41, 5.74) is 1.46. The second-order valence-corrected chi connectivity index (χ2v) is 7.74. The summed E-state index contributed by atoms with van der Waals surface area (Å²) in [6.07, 6.45) is 0. The van der Waals surface area contributed by atoms with Crippen LogP contribution in [0.25, 0.3) is 10.8 Å². The minimum Gasteiger partial charge on any atom is -0.497 e. The number of nitrogens with one attached hydrogen (secondary N) is 3. The van der Waals surface area contributed by atoms with E-state index in [9.17, 15) is 13.2 Å². The van der Waals surface area contributed by atoms with E-state index in [1.165, 1.54) is 0 Å². The quantitative estimate of drug-likeness (QED) is 0.509. The standard InChI is InChI=1S/C21H23N3O5S/c1-3-23-30(26,27)29-18-12-9-16-5-4-6-20(19(16)13-18)24-21(25)22-14-15-7-10-17(28-2)11-8-15/h4-13,23H,3,14H2,1-2H3,(H2,22,24,25). The molecule has 158 valence electrons. The third kappa shape index (κ3) is 5.62. The first-order valence-corrected chi connectivity index (χ1v) is 10.7. The number of amides is 2. The first-order chi connectivity index (χ1) is 14.4. The minimum atomic E-state index is -3.89. The Bertz CT molecular complexity index is 1130. The van der Waals surface area contributed by atoms with Gasteiger partial charge in [0.05, 0.1) is 12.8 Å². The summed E-state index contributed by atoms with van der Waals surface area (Å²) in [5, 5.41) is 7.07. The summed E-state index contributed by atoms with van der Waals surface area (Å²) in [5.74, 6) is 0.893. The fourth-order valence-electron chi connectivity index (χ4n) is 2.84. The zero-order valence-electron chi connectivity index (χ0n) is 16.6. The highest BCUT2D eigenvalue weighted by Gasteiger charge is 2.12. The van der Waals surface area contributed by atoms with Crippen LogP contribution in [0.2, 0.25) is 0 Å². The van der Waals surface area contributed by atoms with Crippen LogP contribution in [0, 0.1) is 0 Å². The van der Waals surface area contributed by atoms with Crippen molar-refractivity contribution in [3.63, 3.8) is 0 Å². The van der Waals surface area contributed by atoms with Crippen molar-refractivity contribution in [1.82, 2.24) is 10.0 Å². The molecule has 8 nitrogen and oxygen atoms in total. The van der Waals surface area contributed by atoms with Crippen LogP contribution < -0.4 is 24.3 Å². The van der Waals surface area contributed by atoms with Crippen LogP contribution in [0.15, 0.2) is 60.7 Å². The monoisotopic (exact) mass is 429 g/mol. The number of hydrogen-bond donors (Lipinski definition) is 3. The second-order valence-electron chi connectivity index (χ2n) is 6.38. The fourth-order valence-corrected chi connectivity index (χ4v) is 3.61. The number of methoxy groups -OCH3 is 1. The molecule has 0 aromatic heterocycles. The van der Waals surface area contributed by atoms with E-state index in [1.807, 2.05) is 30.3 Å². The van der Waals surface area contributed by atoms with Gasteiger partial charge < -0.3 is 19.6 Å². The first kappa shape index (κ1) is 21.4. The van der Waals surface area contributed by atoms with Gasteiger partial charge in [0.15, 0.2) is 0 Å². The van der Waals surface area contributed by atoms with Crippen molar-refractivity contribution in [2.45, 2.75) is 13.5 Å². The number of hydrogen-bond acceptors (Lipinski definition) is 5. The highest BCUT2D eigenvalue weighted by Crippen LogP contribution is 2.28. The van der Waals surface area contributed by atoms with E-state index in [-0.39, 0.29) is 18.3 Å². The molecule has 0 unspecified atom stereocenters. The van der Waals surface area contributed by atoms with Crippen molar-refractivity contribution in [2.24, 2.45) is 0 Å². The van der Waals surface area contributed by atoms with Crippen LogP contribution in [0.1, 0.15) is 12.5 Å². The average Bonchev–Trinajstić information content (AvgIpc) is 2.72. The molecule has 0 radical (unpaired) electrons. The normalized spacial score (nSPS) is 11.1. The van der Waals surface area contributed by atoms with Gasteiger partial charge >= 0.3 is 16.3 Å². The number of anilines is 1.